The molecule has 1 atom stereocenters. The van der Waals surface area contributed by atoms with Crippen LogP contribution >= 0.6 is 0 Å². The number of aliphatic imine (C=N–C) groups is 1. The molecular formula is C27H28N6O2. The second kappa shape index (κ2) is 7.47. The Balaban J connectivity index is 1.12. The molecule has 178 valence electrons. The molecule has 4 heterocycles. The Kier molecular flexibility index (Phi) is 4.44. The van der Waals surface area contributed by atoms with Gasteiger partial charge < -0.3 is 4.90 Å². The second-order valence-electron chi connectivity index (χ2n) is 10.6. The van der Waals surface area contributed by atoms with Crippen LogP contribution in [-0.2, 0) is 16.6 Å². The maximum atomic E-state index is 13.3. The van der Waals surface area contributed by atoms with E-state index in [0.29, 0.717) is 18.3 Å². The summed E-state index contributed by atoms with van der Waals surface area (Å²) in [5.41, 5.74) is 3.35. The minimum Gasteiger partial charge on any atom is -0.342 e. The number of carbonyl (C=O) groups excluding carboxylic acids is 2. The highest BCUT2D eigenvalue weighted by Gasteiger charge is 2.57. The number of carbonyl (C=O) groups is 2. The van der Waals surface area contributed by atoms with Gasteiger partial charge >= 0.3 is 0 Å². The molecule has 35 heavy (non-hydrogen) atoms. The van der Waals surface area contributed by atoms with Crippen molar-refractivity contribution in [2.45, 2.75) is 37.6 Å². The number of benzene rings is 1. The van der Waals surface area contributed by atoms with Crippen LogP contribution in [0.2, 0.25) is 0 Å². The molecule has 8 heteroatoms. The molecule has 1 saturated heterocycles. The highest BCUT2D eigenvalue weighted by Crippen LogP contribution is 2.46. The van der Waals surface area contributed by atoms with Gasteiger partial charge in [0.1, 0.15) is 11.2 Å². The Morgan fingerprint density at radius 3 is 2.66 bits per heavy atom. The number of pyridine rings is 1. The molecule has 0 N–H and O–H groups in total. The third-order valence-electron chi connectivity index (χ3n) is 7.98. The van der Waals surface area contributed by atoms with Crippen LogP contribution < -0.4 is 0 Å². The lowest BCUT2D eigenvalue weighted by atomic mass is 10.1. The Bertz CT molecular complexity index is 1380. The number of amides is 2. The summed E-state index contributed by atoms with van der Waals surface area (Å²) in [4.78, 5) is 39.3. The molecule has 4 aliphatic rings. The largest absolute Gasteiger partial charge is 0.342 e. The summed E-state index contributed by atoms with van der Waals surface area (Å²) in [6.07, 6.45) is 8.35. The Hall–Kier alpha value is -3.55. The van der Waals surface area contributed by atoms with Gasteiger partial charge in [0.25, 0.3) is 5.91 Å². The standard InChI is InChI=1S/C27H28N6O2/c1-31-23-7-5-19(12-21(23)14-29-31)20-4-6-22(28-13-20)24-30-27(9-10-27)26(35)33(24)16-17-8-11-32(15-17)25(34)18-2-3-18/h4-7,12-14,17-18H,2-3,8-11,15-16H2,1H3/t17-/m1/s1. The van der Waals surface area contributed by atoms with E-state index in [9.17, 15) is 9.59 Å². The molecule has 2 aliphatic heterocycles. The summed E-state index contributed by atoms with van der Waals surface area (Å²) < 4.78 is 1.86. The molecule has 3 fully saturated rings. The number of aromatic nitrogens is 3. The maximum Gasteiger partial charge on any atom is 0.256 e. The summed E-state index contributed by atoms with van der Waals surface area (Å²) in [6, 6.07) is 10.3. The molecule has 1 aromatic carbocycles. The van der Waals surface area contributed by atoms with E-state index in [0.717, 1.165) is 72.9 Å². The average Bonchev–Trinajstić information content (AvgIpc) is 3.78. The van der Waals surface area contributed by atoms with Gasteiger partial charge in [-0.25, -0.2) is 4.99 Å². The lowest BCUT2D eigenvalue weighted by molar-refractivity contribution is -0.131. The number of aryl methyl sites for hydroxylation is 1. The van der Waals surface area contributed by atoms with Gasteiger partial charge in [0.15, 0.2) is 5.84 Å². The van der Waals surface area contributed by atoms with Crippen molar-refractivity contribution in [1.82, 2.24) is 24.6 Å². The van der Waals surface area contributed by atoms with Gasteiger partial charge in [0, 0.05) is 49.7 Å². The van der Waals surface area contributed by atoms with Crippen molar-refractivity contribution in [2.75, 3.05) is 19.6 Å². The lowest BCUT2D eigenvalue weighted by Crippen LogP contribution is -2.41. The average molecular weight is 469 g/mol. The Labute approximate surface area is 203 Å². The van der Waals surface area contributed by atoms with Gasteiger partial charge in [-0.2, -0.15) is 5.10 Å². The van der Waals surface area contributed by atoms with Gasteiger partial charge in [0.05, 0.1) is 11.7 Å². The summed E-state index contributed by atoms with van der Waals surface area (Å²) >= 11 is 0. The second-order valence-corrected chi connectivity index (χ2v) is 10.6. The number of nitrogens with zero attached hydrogens (tertiary/aromatic N) is 6. The zero-order valence-electron chi connectivity index (χ0n) is 19.9. The smallest absolute Gasteiger partial charge is 0.256 e. The first-order valence-electron chi connectivity index (χ1n) is 12.6. The van der Waals surface area contributed by atoms with Gasteiger partial charge in [0.2, 0.25) is 5.91 Å². The number of likely N-dealkylation sites (tertiary alicyclic amines) is 1. The highest BCUT2D eigenvalue weighted by atomic mass is 16.2. The Morgan fingerprint density at radius 1 is 1.09 bits per heavy atom. The van der Waals surface area contributed by atoms with E-state index in [1.54, 1.807) is 0 Å². The van der Waals surface area contributed by atoms with Crippen molar-refractivity contribution in [3.05, 3.63) is 48.4 Å². The number of rotatable bonds is 5. The fraction of sp³-hybridized carbons (Fsp3) is 0.444. The molecule has 8 nitrogen and oxygen atoms in total. The first-order valence-corrected chi connectivity index (χ1v) is 12.6. The number of fused-ring (bicyclic) bond motifs is 1. The topological polar surface area (TPSA) is 83.7 Å². The zero-order chi connectivity index (χ0) is 23.7. The van der Waals surface area contributed by atoms with Crippen LogP contribution in [0, 0.1) is 11.8 Å². The van der Waals surface area contributed by atoms with E-state index in [-0.39, 0.29) is 17.7 Å². The molecule has 1 spiro atoms. The van der Waals surface area contributed by atoms with Crippen molar-refractivity contribution in [3.8, 4) is 11.1 Å². The van der Waals surface area contributed by atoms with E-state index >= 15 is 0 Å². The van der Waals surface area contributed by atoms with E-state index in [4.69, 9.17) is 9.98 Å². The summed E-state index contributed by atoms with van der Waals surface area (Å²) in [6.45, 7) is 2.14. The molecule has 0 radical (unpaired) electrons. The molecule has 7 rings (SSSR count). The normalized spacial score (nSPS) is 22.9. The molecular weight excluding hydrogens is 440 g/mol. The minimum absolute atomic E-state index is 0.104. The van der Waals surface area contributed by atoms with Crippen LogP contribution in [0.25, 0.3) is 22.0 Å². The molecule has 2 aromatic heterocycles. The van der Waals surface area contributed by atoms with E-state index < -0.39 is 5.54 Å². The summed E-state index contributed by atoms with van der Waals surface area (Å²) in [7, 11) is 1.94. The minimum atomic E-state index is -0.566. The molecule has 2 amide bonds. The van der Waals surface area contributed by atoms with Crippen LogP contribution in [-0.4, -0.2) is 67.4 Å². The lowest BCUT2D eigenvalue weighted by Gasteiger charge is -2.23. The summed E-state index contributed by atoms with van der Waals surface area (Å²) in [5, 5.41) is 5.42. The van der Waals surface area contributed by atoms with Crippen molar-refractivity contribution >= 4 is 28.6 Å². The zero-order valence-corrected chi connectivity index (χ0v) is 19.9. The molecule has 0 bridgehead atoms. The van der Waals surface area contributed by atoms with Crippen LogP contribution in [0.15, 0.2) is 47.7 Å². The van der Waals surface area contributed by atoms with E-state index in [1.807, 2.05) is 40.0 Å². The predicted molar refractivity (Wildman–Crippen MR) is 132 cm³/mol. The summed E-state index contributed by atoms with van der Waals surface area (Å²) in [5.74, 6) is 1.62. The Morgan fingerprint density at radius 2 is 1.91 bits per heavy atom. The quantitative estimate of drug-likeness (QED) is 0.576. The van der Waals surface area contributed by atoms with Gasteiger partial charge in [-0.05, 0) is 61.8 Å². The maximum absolute atomic E-state index is 13.3. The van der Waals surface area contributed by atoms with E-state index in [2.05, 4.69) is 29.4 Å². The highest BCUT2D eigenvalue weighted by molar-refractivity contribution is 6.15. The number of amidine groups is 1. The third kappa shape index (κ3) is 3.46. The predicted octanol–water partition coefficient (Wildman–Crippen LogP) is 3.02. The molecule has 0 unspecified atom stereocenters. The fourth-order valence-electron chi connectivity index (χ4n) is 5.54. The van der Waals surface area contributed by atoms with Crippen molar-refractivity contribution in [2.24, 2.45) is 23.9 Å². The molecule has 2 aliphatic carbocycles. The van der Waals surface area contributed by atoms with E-state index in [1.165, 1.54) is 0 Å². The first kappa shape index (κ1) is 20.8. The fourth-order valence-corrected chi connectivity index (χ4v) is 5.54. The molecule has 3 aromatic rings. The van der Waals surface area contributed by atoms with Gasteiger partial charge in [-0.1, -0.05) is 12.1 Å². The first-order chi connectivity index (χ1) is 17.0. The van der Waals surface area contributed by atoms with Crippen molar-refractivity contribution < 1.29 is 9.59 Å². The number of hydrogen-bond donors (Lipinski definition) is 0. The van der Waals surface area contributed by atoms with Crippen molar-refractivity contribution in [1.29, 1.82) is 0 Å². The van der Waals surface area contributed by atoms with Crippen LogP contribution in [0.3, 0.4) is 0 Å². The monoisotopic (exact) mass is 468 g/mol. The molecule has 2 saturated carbocycles. The van der Waals surface area contributed by atoms with Crippen molar-refractivity contribution in [3.63, 3.8) is 0 Å². The van der Waals surface area contributed by atoms with Gasteiger partial charge in [-0.15, -0.1) is 0 Å². The SMILES string of the molecule is Cn1ncc2cc(-c3ccc(C4=NC5(CC5)C(=O)N4C[C@@H]4CCN(C(=O)C5CC5)C4)nc3)ccc21. The number of hydrogen-bond acceptors (Lipinski definition) is 5. The van der Waals surface area contributed by atoms with Crippen LogP contribution in [0.4, 0.5) is 0 Å². The van der Waals surface area contributed by atoms with Crippen LogP contribution in [0.1, 0.15) is 37.8 Å². The van der Waals surface area contributed by atoms with Crippen LogP contribution in [0.5, 0.6) is 0 Å². The third-order valence-corrected chi connectivity index (χ3v) is 7.98. The van der Waals surface area contributed by atoms with Gasteiger partial charge in [-0.3, -0.25) is 24.2 Å².